The first kappa shape index (κ1) is 16.5. The lowest BCUT2D eigenvalue weighted by Crippen LogP contribution is -2.39. The highest BCUT2D eigenvalue weighted by Crippen LogP contribution is 2.27. The van der Waals surface area contributed by atoms with Gasteiger partial charge in [-0.15, -0.1) is 0 Å². The highest BCUT2D eigenvalue weighted by molar-refractivity contribution is 9.09. The molecule has 0 aromatic carbocycles. The minimum atomic E-state index is 0.131. The summed E-state index contributed by atoms with van der Waals surface area (Å²) >= 11 is 3.56. The number of hydrogen-bond acceptors (Lipinski definition) is 4. The van der Waals surface area contributed by atoms with Crippen molar-refractivity contribution in [1.82, 2.24) is 9.97 Å². The summed E-state index contributed by atoms with van der Waals surface area (Å²) in [4.78, 5) is 11.6. The zero-order chi connectivity index (χ0) is 15.2. The van der Waals surface area contributed by atoms with Crippen molar-refractivity contribution in [3.63, 3.8) is 0 Å². The minimum absolute atomic E-state index is 0.131. The van der Waals surface area contributed by atoms with Gasteiger partial charge in [0, 0.05) is 29.7 Å². The summed E-state index contributed by atoms with van der Waals surface area (Å²) in [7, 11) is 0. The third-order valence-electron chi connectivity index (χ3n) is 3.77. The van der Waals surface area contributed by atoms with Crippen molar-refractivity contribution in [2.45, 2.75) is 65.0 Å². The van der Waals surface area contributed by atoms with Crippen LogP contribution in [0.2, 0.25) is 0 Å². The number of anilines is 1. The lowest BCUT2D eigenvalue weighted by Gasteiger charge is -2.34. The molecule has 0 atom stereocenters. The molecule has 4 nitrogen and oxygen atoms in total. The molecule has 0 amide bonds. The molecule has 0 N–H and O–H groups in total. The molecular formula is C16H26BrN3O. The van der Waals surface area contributed by atoms with Gasteiger partial charge in [-0.25, -0.2) is 4.98 Å². The second-order valence-electron chi connectivity index (χ2n) is 5.99. The first-order chi connectivity index (χ1) is 10.1. The van der Waals surface area contributed by atoms with Gasteiger partial charge in [-0.2, -0.15) is 4.98 Å². The summed E-state index contributed by atoms with van der Waals surface area (Å²) in [5.74, 6) is 1.50. The minimum Gasteiger partial charge on any atom is -0.475 e. The number of rotatable bonds is 6. The van der Waals surface area contributed by atoms with E-state index in [-0.39, 0.29) is 6.10 Å². The SMILES string of the molecule is Cc1cc(OC(C)C)nc(N(CCBr)C2CCCCC2)n1. The Morgan fingerprint density at radius 1 is 1.29 bits per heavy atom. The monoisotopic (exact) mass is 355 g/mol. The molecule has 1 aromatic rings. The average molecular weight is 356 g/mol. The van der Waals surface area contributed by atoms with Gasteiger partial charge in [0.15, 0.2) is 0 Å². The van der Waals surface area contributed by atoms with E-state index in [4.69, 9.17) is 4.74 Å². The summed E-state index contributed by atoms with van der Waals surface area (Å²) in [5, 5.41) is 0.932. The van der Waals surface area contributed by atoms with E-state index in [9.17, 15) is 0 Å². The fraction of sp³-hybridized carbons (Fsp3) is 0.750. The molecular weight excluding hydrogens is 330 g/mol. The van der Waals surface area contributed by atoms with Crippen molar-refractivity contribution >= 4 is 21.9 Å². The Kier molecular flexibility index (Phi) is 6.27. The van der Waals surface area contributed by atoms with Crippen LogP contribution >= 0.6 is 15.9 Å². The third kappa shape index (κ3) is 4.83. The van der Waals surface area contributed by atoms with Crippen LogP contribution in [0.3, 0.4) is 0 Å². The van der Waals surface area contributed by atoms with Crippen molar-refractivity contribution in [1.29, 1.82) is 0 Å². The van der Waals surface area contributed by atoms with Crippen molar-refractivity contribution in [2.24, 2.45) is 0 Å². The molecule has 118 valence electrons. The zero-order valence-electron chi connectivity index (χ0n) is 13.3. The molecule has 1 aliphatic rings. The Hall–Kier alpha value is -0.840. The van der Waals surface area contributed by atoms with Gasteiger partial charge in [0.2, 0.25) is 11.8 Å². The lowest BCUT2D eigenvalue weighted by molar-refractivity contribution is 0.232. The van der Waals surface area contributed by atoms with Crippen LogP contribution in [0.5, 0.6) is 5.88 Å². The van der Waals surface area contributed by atoms with Gasteiger partial charge in [0.05, 0.1) is 6.10 Å². The molecule has 1 fully saturated rings. The number of ether oxygens (including phenoxy) is 1. The molecule has 0 bridgehead atoms. The number of aromatic nitrogens is 2. The lowest BCUT2D eigenvalue weighted by atomic mass is 9.94. The molecule has 0 saturated heterocycles. The molecule has 0 aliphatic heterocycles. The topological polar surface area (TPSA) is 38.2 Å². The maximum atomic E-state index is 5.76. The number of hydrogen-bond donors (Lipinski definition) is 0. The van der Waals surface area contributed by atoms with E-state index < -0.39 is 0 Å². The second kappa shape index (κ2) is 7.97. The van der Waals surface area contributed by atoms with Crippen LogP contribution in [0, 0.1) is 6.92 Å². The van der Waals surface area contributed by atoms with E-state index in [1.807, 2.05) is 26.8 Å². The van der Waals surface area contributed by atoms with E-state index in [0.717, 1.165) is 23.5 Å². The van der Waals surface area contributed by atoms with Gasteiger partial charge >= 0.3 is 0 Å². The molecule has 2 rings (SSSR count). The Balaban J connectivity index is 2.23. The molecule has 21 heavy (non-hydrogen) atoms. The maximum Gasteiger partial charge on any atom is 0.229 e. The number of aryl methyl sites for hydroxylation is 1. The summed E-state index contributed by atoms with van der Waals surface area (Å²) in [6, 6.07) is 2.47. The third-order valence-corrected chi connectivity index (χ3v) is 4.13. The summed E-state index contributed by atoms with van der Waals surface area (Å²) in [6.45, 7) is 6.99. The van der Waals surface area contributed by atoms with E-state index >= 15 is 0 Å². The predicted molar refractivity (Wildman–Crippen MR) is 90.5 cm³/mol. The first-order valence-corrected chi connectivity index (χ1v) is 9.07. The highest BCUT2D eigenvalue weighted by Gasteiger charge is 2.23. The van der Waals surface area contributed by atoms with Crippen molar-refractivity contribution < 1.29 is 4.74 Å². The maximum absolute atomic E-state index is 5.76. The van der Waals surface area contributed by atoms with E-state index in [0.29, 0.717) is 11.9 Å². The van der Waals surface area contributed by atoms with Crippen LogP contribution in [0.1, 0.15) is 51.6 Å². The fourth-order valence-electron chi connectivity index (χ4n) is 2.88. The molecule has 1 aliphatic carbocycles. The molecule has 0 unspecified atom stereocenters. The van der Waals surface area contributed by atoms with Gasteiger partial charge in [-0.05, 0) is 33.6 Å². The van der Waals surface area contributed by atoms with E-state index in [2.05, 4.69) is 30.8 Å². The quantitative estimate of drug-likeness (QED) is 0.719. The number of nitrogens with zero attached hydrogens (tertiary/aromatic N) is 3. The van der Waals surface area contributed by atoms with Crippen LogP contribution in [-0.4, -0.2) is 34.0 Å². The van der Waals surface area contributed by atoms with Crippen molar-refractivity contribution in [3.8, 4) is 5.88 Å². The van der Waals surface area contributed by atoms with Crippen LogP contribution in [0.15, 0.2) is 6.07 Å². The fourth-order valence-corrected chi connectivity index (χ4v) is 3.27. The normalized spacial score (nSPS) is 16.2. The van der Waals surface area contributed by atoms with Crippen molar-refractivity contribution in [2.75, 3.05) is 16.8 Å². The molecule has 0 radical (unpaired) electrons. The second-order valence-corrected chi connectivity index (χ2v) is 6.78. The van der Waals surface area contributed by atoms with Crippen LogP contribution < -0.4 is 9.64 Å². The standard InChI is InChI=1S/C16H26BrN3O/c1-12(2)21-15-11-13(3)18-16(19-15)20(10-9-17)14-7-5-4-6-8-14/h11-12,14H,4-10H2,1-3H3. The Morgan fingerprint density at radius 2 is 2.00 bits per heavy atom. The molecule has 1 aromatic heterocycles. The van der Waals surface area contributed by atoms with Gasteiger partial charge < -0.3 is 9.64 Å². The smallest absolute Gasteiger partial charge is 0.229 e. The Bertz CT molecular complexity index is 447. The van der Waals surface area contributed by atoms with Gasteiger partial charge in [0.25, 0.3) is 0 Å². The highest BCUT2D eigenvalue weighted by atomic mass is 79.9. The predicted octanol–water partition coefficient (Wildman–Crippen LogP) is 4.11. The van der Waals surface area contributed by atoms with E-state index in [1.54, 1.807) is 0 Å². The molecule has 1 heterocycles. The summed E-state index contributed by atoms with van der Waals surface area (Å²) < 4.78 is 5.76. The Morgan fingerprint density at radius 3 is 2.62 bits per heavy atom. The number of halogens is 1. The molecule has 5 heteroatoms. The van der Waals surface area contributed by atoms with Crippen LogP contribution in [-0.2, 0) is 0 Å². The van der Waals surface area contributed by atoms with Gasteiger partial charge in [-0.3, -0.25) is 0 Å². The van der Waals surface area contributed by atoms with Crippen molar-refractivity contribution in [3.05, 3.63) is 11.8 Å². The number of alkyl halides is 1. The summed E-state index contributed by atoms with van der Waals surface area (Å²) in [5.41, 5.74) is 0.964. The van der Waals surface area contributed by atoms with Crippen LogP contribution in [0.25, 0.3) is 0 Å². The molecule has 1 saturated carbocycles. The first-order valence-electron chi connectivity index (χ1n) is 7.95. The van der Waals surface area contributed by atoms with E-state index in [1.165, 1.54) is 32.1 Å². The van der Waals surface area contributed by atoms with Gasteiger partial charge in [0.1, 0.15) is 0 Å². The van der Waals surface area contributed by atoms with Crippen LogP contribution in [0.4, 0.5) is 5.95 Å². The summed E-state index contributed by atoms with van der Waals surface area (Å²) in [6.07, 6.45) is 6.59. The largest absolute Gasteiger partial charge is 0.475 e. The molecule has 0 spiro atoms. The van der Waals surface area contributed by atoms with Gasteiger partial charge in [-0.1, -0.05) is 35.2 Å². The Labute approximate surface area is 136 Å². The zero-order valence-corrected chi connectivity index (χ0v) is 14.9. The average Bonchev–Trinajstić information content (AvgIpc) is 2.44.